The van der Waals surface area contributed by atoms with Crippen molar-refractivity contribution >= 4 is 39.5 Å². The quantitative estimate of drug-likeness (QED) is 0.0222. The molecule has 0 fully saturated rings. The number of rotatable bonds is 69. The van der Waals surface area contributed by atoms with Gasteiger partial charge in [0.25, 0.3) is 0 Å². The van der Waals surface area contributed by atoms with Crippen molar-refractivity contribution in [1.29, 1.82) is 0 Å². The van der Waals surface area contributed by atoms with E-state index in [-0.39, 0.29) is 25.7 Å². The van der Waals surface area contributed by atoms with Crippen molar-refractivity contribution < 1.29 is 80.2 Å². The third-order valence-electron chi connectivity index (χ3n) is 16.0. The molecule has 2 unspecified atom stereocenters. The minimum absolute atomic E-state index is 0.106. The smallest absolute Gasteiger partial charge is 0.462 e. The lowest BCUT2D eigenvalue weighted by Gasteiger charge is -2.21. The van der Waals surface area contributed by atoms with Crippen LogP contribution in [-0.4, -0.2) is 96.7 Å². The van der Waals surface area contributed by atoms with Crippen molar-refractivity contribution in [3.63, 3.8) is 0 Å². The molecule has 0 rings (SSSR count). The van der Waals surface area contributed by atoms with Gasteiger partial charge in [-0.1, -0.05) is 304 Å². The van der Waals surface area contributed by atoms with Crippen LogP contribution in [0.25, 0.3) is 0 Å². The number of aliphatic hydroxyl groups is 1. The molecule has 0 aliphatic carbocycles. The molecule has 5 atom stereocenters. The number of esters is 4. The SMILES string of the molecule is CCCCCCCCCCCCCCCCCC(=O)OC[C@H](COP(=O)(O)OC[C@@H](O)COP(=O)(O)OC[C@@H](COC(=O)CCCCCCC)OC(=O)CCCCCCCCCCCC)OC(=O)CCCCCCCCCCCCCCCCCC(C)C. The number of phosphoric acid groups is 2. The lowest BCUT2D eigenvalue weighted by atomic mass is 10.0. The highest BCUT2D eigenvalue weighted by Gasteiger charge is 2.30. The topological polar surface area (TPSA) is 237 Å². The Hall–Kier alpha value is -1.94. The van der Waals surface area contributed by atoms with E-state index in [1.165, 1.54) is 173 Å². The van der Waals surface area contributed by atoms with Crippen molar-refractivity contribution in [2.75, 3.05) is 39.6 Å². The molecule has 88 heavy (non-hydrogen) atoms. The largest absolute Gasteiger partial charge is 0.472 e. The van der Waals surface area contributed by atoms with E-state index in [4.69, 9.17) is 37.0 Å². The number of carbonyl (C=O) groups is 4. The van der Waals surface area contributed by atoms with E-state index < -0.39 is 97.5 Å². The van der Waals surface area contributed by atoms with Gasteiger partial charge in [0, 0.05) is 25.7 Å². The van der Waals surface area contributed by atoms with Gasteiger partial charge in [0.05, 0.1) is 26.4 Å². The predicted molar refractivity (Wildman–Crippen MR) is 354 cm³/mol. The van der Waals surface area contributed by atoms with E-state index in [1.54, 1.807) is 0 Å². The zero-order chi connectivity index (χ0) is 64.9. The van der Waals surface area contributed by atoms with Crippen molar-refractivity contribution in [3.8, 4) is 0 Å². The minimum Gasteiger partial charge on any atom is -0.462 e. The fourth-order valence-electron chi connectivity index (χ4n) is 10.5. The summed E-state index contributed by atoms with van der Waals surface area (Å²) >= 11 is 0. The summed E-state index contributed by atoms with van der Waals surface area (Å²) in [6.45, 7) is 7.17. The van der Waals surface area contributed by atoms with E-state index in [0.29, 0.717) is 25.7 Å². The summed E-state index contributed by atoms with van der Waals surface area (Å²) in [5.41, 5.74) is 0. The Morgan fingerprint density at radius 2 is 0.523 bits per heavy atom. The Balaban J connectivity index is 5.15. The maximum atomic E-state index is 13.0. The molecular weight excluding hydrogens is 1160 g/mol. The number of unbranched alkanes of at least 4 members (excludes halogenated alkanes) is 41. The second-order valence-electron chi connectivity index (χ2n) is 25.4. The second kappa shape index (κ2) is 62.5. The molecule has 0 aliphatic heterocycles. The molecule has 0 aliphatic rings. The molecule has 0 spiro atoms. The molecule has 0 bridgehead atoms. The molecule has 19 heteroatoms. The number of carbonyl (C=O) groups excluding carboxylic acids is 4. The highest BCUT2D eigenvalue weighted by Crippen LogP contribution is 2.45. The van der Waals surface area contributed by atoms with Gasteiger partial charge in [-0.25, -0.2) is 9.13 Å². The van der Waals surface area contributed by atoms with Gasteiger partial charge >= 0.3 is 39.5 Å². The standard InChI is InChI=1S/C69H134O17P2/c1-6-9-12-15-17-19-21-22-24-28-31-35-38-43-48-53-67(72)80-59-65(86-69(74)55-50-45-40-36-32-29-26-23-25-27-30-33-37-42-46-51-62(4)5)61-84-88(77,78)82-57-63(70)56-81-87(75,76)83-60-64(58-79-66(71)52-47-41-14-11-8-3)85-68(73)54-49-44-39-34-20-18-16-13-10-7-2/h62-65,70H,6-61H2,1-5H3,(H,75,76)(H,77,78)/t63-,64+,65+/m0/s1. The van der Waals surface area contributed by atoms with Gasteiger partial charge in [0.1, 0.15) is 19.3 Å². The normalized spacial score (nSPS) is 14.1. The first kappa shape index (κ1) is 86.1. The molecule has 0 heterocycles. The Morgan fingerprint density at radius 3 is 0.773 bits per heavy atom. The first-order valence-electron chi connectivity index (χ1n) is 36.1. The van der Waals surface area contributed by atoms with Gasteiger partial charge < -0.3 is 33.8 Å². The molecule has 0 radical (unpaired) electrons. The van der Waals surface area contributed by atoms with Crippen LogP contribution in [0.4, 0.5) is 0 Å². The first-order chi connectivity index (χ1) is 42.5. The Bertz CT molecular complexity index is 1700. The zero-order valence-electron chi connectivity index (χ0n) is 56.9. The van der Waals surface area contributed by atoms with Crippen molar-refractivity contribution in [1.82, 2.24) is 0 Å². The summed E-state index contributed by atoms with van der Waals surface area (Å²) in [7, 11) is -9.88. The van der Waals surface area contributed by atoms with Crippen LogP contribution in [0.15, 0.2) is 0 Å². The predicted octanol–water partition coefficient (Wildman–Crippen LogP) is 19.7. The maximum absolute atomic E-state index is 13.0. The number of ether oxygens (including phenoxy) is 4. The average molecular weight is 1300 g/mol. The van der Waals surface area contributed by atoms with Crippen molar-refractivity contribution in [2.45, 2.75) is 374 Å². The number of hydrogen-bond donors (Lipinski definition) is 3. The third kappa shape index (κ3) is 62.8. The van der Waals surface area contributed by atoms with Crippen LogP contribution in [0.2, 0.25) is 0 Å². The fraction of sp³-hybridized carbons (Fsp3) is 0.942. The summed E-state index contributed by atoms with van der Waals surface area (Å²) in [5, 5.41) is 10.5. The molecule has 0 amide bonds. The molecular formula is C69H134O17P2. The first-order valence-corrected chi connectivity index (χ1v) is 39.1. The van der Waals surface area contributed by atoms with E-state index in [1.807, 2.05) is 0 Å². The van der Waals surface area contributed by atoms with Crippen molar-refractivity contribution in [3.05, 3.63) is 0 Å². The highest BCUT2D eigenvalue weighted by atomic mass is 31.2. The Kier molecular flexibility index (Phi) is 61.1. The van der Waals surface area contributed by atoms with Crippen LogP contribution in [0, 0.1) is 5.92 Å². The molecule has 0 saturated carbocycles. The van der Waals surface area contributed by atoms with E-state index in [2.05, 4.69) is 34.6 Å². The molecule has 3 N–H and O–H groups in total. The minimum atomic E-state index is -4.95. The average Bonchev–Trinajstić information content (AvgIpc) is 3.67. The third-order valence-corrected chi connectivity index (χ3v) is 17.9. The molecule has 0 aromatic carbocycles. The summed E-state index contributed by atoms with van der Waals surface area (Å²) in [6.07, 6.45) is 48.9. The van der Waals surface area contributed by atoms with Crippen LogP contribution in [0.1, 0.15) is 356 Å². The summed E-state index contributed by atoms with van der Waals surface area (Å²) < 4.78 is 68.0. The number of hydrogen-bond acceptors (Lipinski definition) is 15. The van der Waals surface area contributed by atoms with Crippen LogP contribution in [0.5, 0.6) is 0 Å². The van der Waals surface area contributed by atoms with Crippen LogP contribution in [-0.2, 0) is 65.4 Å². The van der Waals surface area contributed by atoms with Gasteiger partial charge in [-0.15, -0.1) is 0 Å². The monoisotopic (exact) mass is 1300 g/mol. The lowest BCUT2D eigenvalue weighted by Crippen LogP contribution is -2.30. The lowest BCUT2D eigenvalue weighted by molar-refractivity contribution is -0.161. The van der Waals surface area contributed by atoms with Crippen LogP contribution in [0.3, 0.4) is 0 Å². The number of aliphatic hydroxyl groups excluding tert-OH is 1. The molecule has 0 aromatic rings. The van der Waals surface area contributed by atoms with Crippen molar-refractivity contribution in [2.24, 2.45) is 5.92 Å². The summed E-state index contributed by atoms with van der Waals surface area (Å²) in [6, 6.07) is 0. The molecule has 0 aromatic heterocycles. The summed E-state index contributed by atoms with van der Waals surface area (Å²) in [4.78, 5) is 72.2. The van der Waals surface area contributed by atoms with E-state index in [9.17, 15) is 43.2 Å². The summed E-state index contributed by atoms with van der Waals surface area (Å²) in [5.74, 6) is -1.33. The second-order valence-corrected chi connectivity index (χ2v) is 28.3. The van der Waals surface area contributed by atoms with Crippen LogP contribution >= 0.6 is 15.6 Å². The van der Waals surface area contributed by atoms with Crippen LogP contribution < -0.4 is 0 Å². The highest BCUT2D eigenvalue weighted by molar-refractivity contribution is 7.47. The molecule has 0 saturated heterocycles. The molecule has 17 nitrogen and oxygen atoms in total. The van der Waals surface area contributed by atoms with E-state index >= 15 is 0 Å². The zero-order valence-corrected chi connectivity index (χ0v) is 58.6. The molecule has 522 valence electrons. The van der Waals surface area contributed by atoms with E-state index in [0.717, 1.165) is 102 Å². The van der Waals surface area contributed by atoms with Gasteiger partial charge in [0.15, 0.2) is 12.2 Å². The Morgan fingerprint density at radius 1 is 0.307 bits per heavy atom. The maximum Gasteiger partial charge on any atom is 0.472 e. The fourth-order valence-corrected chi connectivity index (χ4v) is 12.0. The van der Waals surface area contributed by atoms with Gasteiger partial charge in [-0.05, 0) is 31.6 Å². The van der Waals surface area contributed by atoms with Gasteiger partial charge in [-0.3, -0.25) is 37.3 Å². The van der Waals surface area contributed by atoms with Gasteiger partial charge in [0.2, 0.25) is 0 Å². The Labute approximate surface area is 537 Å². The van der Waals surface area contributed by atoms with Gasteiger partial charge in [-0.2, -0.15) is 0 Å². The number of phosphoric ester groups is 2.